The molecule has 2 nitrogen and oxygen atoms in total. The number of nitrogens with zero attached hydrogens (tertiary/aromatic N) is 1. The monoisotopic (exact) mass is 192 g/mol. The molecule has 2 atom stereocenters. The molecule has 0 bridgehead atoms. The second-order valence-corrected chi connectivity index (χ2v) is 4.30. The van der Waals surface area contributed by atoms with Gasteiger partial charge in [-0.25, -0.2) is 0 Å². The first-order valence-corrected chi connectivity index (χ1v) is 5.13. The van der Waals surface area contributed by atoms with Crippen LogP contribution in [0.2, 0.25) is 0 Å². The van der Waals surface area contributed by atoms with Gasteiger partial charge in [0, 0.05) is 11.3 Å². The fraction of sp³-hybridized carbons (Fsp3) is 0.583. The molecule has 0 radical (unpaired) electrons. The summed E-state index contributed by atoms with van der Waals surface area (Å²) in [6.07, 6.45) is 8.44. The molecule has 78 valence electrons. The van der Waals surface area contributed by atoms with Gasteiger partial charge < -0.3 is 5.73 Å². The number of amidine groups is 1. The second kappa shape index (κ2) is 3.99. The van der Waals surface area contributed by atoms with E-state index >= 15 is 0 Å². The largest absolute Gasteiger partial charge is 0.387 e. The zero-order valence-electron chi connectivity index (χ0n) is 9.49. The third kappa shape index (κ3) is 1.74. The molecule has 2 N–H and O–H groups in total. The van der Waals surface area contributed by atoms with Gasteiger partial charge in [0.1, 0.15) is 5.84 Å². The van der Waals surface area contributed by atoms with E-state index in [0.717, 1.165) is 5.84 Å². The fourth-order valence-electron chi connectivity index (χ4n) is 1.93. The molecule has 14 heavy (non-hydrogen) atoms. The van der Waals surface area contributed by atoms with Gasteiger partial charge in [0.25, 0.3) is 0 Å². The van der Waals surface area contributed by atoms with E-state index in [0.29, 0.717) is 5.92 Å². The zero-order chi connectivity index (χ0) is 10.8. The molecule has 0 aromatic rings. The smallest absolute Gasteiger partial charge is 0.101 e. The predicted octanol–water partition coefficient (Wildman–Crippen LogP) is 2.52. The second-order valence-electron chi connectivity index (χ2n) is 4.30. The number of nitrogens with two attached hydrogens (primary N) is 1. The van der Waals surface area contributed by atoms with Crippen molar-refractivity contribution in [1.82, 2.24) is 0 Å². The van der Waals surface area contributed by atoms with Gasteiger partial charge in [0.05, 0.1) is 6.04 Å². The van der Waals surface area contributed by atoms with Crippen LogP contribution in [-0.4, -0.2) is 11.9 Å². The quantitative estimate of drug-likeness (QED) is 0.671. The van der Waals surface area contributed by atoms with Crippen molar-refractivity contribution in [2.45, 2.75) is 33.7 Å². The summed E-state index contributed by atoms with van der Waals surface area (Å²) in [6.45, 7) is 8.36. The minimum absolute atomic E-state index is 0.0172. The Morgan fingerprint density at radius 3 is 2.29 bits per heavy atom. The van der Waals surface area contributed by atoms with Gasteiger partial charge in [-0.2, -0.15) is 0 Å². The predicted molar refractivity (Wildman–Crippen MR) is 62.3 cm³/mol. The highest BCUT2D eigenvalue weighted by atomic mass is 15.0. The maximum Gasteiger partial charge on any atom is 0.101 e. The van der Waals surface area contributed by atoms with Gasteiger partial charge in [-0.3, -0.25) is 4.99 Å². The molecule has 1 aliphatic heterocycles. The Morgan fingerprint density at radius 1 is 1.21 bits per heavy atom. The Labute approximate surface area is 86.6 Å². The van der Waals surface area contributed by atoms with Crippen molar-refractivity contribution in [2.75, 3.05) is 0 Å². The molecule has 0 saturated heterocycles. The third-order valence-electron chi connectivity index (χ3n) is 2.94. The van der Waals surface area contributed by atoms with Crippen LogP contribution in [-0.2, 0) is 0 Å². The van der Waals surface area contributed by atoms with Crippen molar-refractivity contribution in [3.8, 4) is 0 Å². The highest BCUT2D eigenvalue weighted by molar-refractivity contribution is 5.88. The zero-order valence-corrected chi connectivity index (χ0v) is 9.49. The highest BCUT2D eigenvalue weighted by Gasteiger charge is 2.41. The van der Waals surface area contributed by atoms with Gasteiger partial charge in [-0.1, -0.05) is 38.2 Å². The fourth-order valence-corrected chi connectivity index (χ4v) is 1.93. The maximum atomic E-state index is 5.94. The first kappa shape index (κ1) is 11.0. The summed E-state index contributed by atoms with van der Waals surface area (Å²) < 4.78 is 0. The molecule has 1 rings (SSSR count). The molecule has 0 aliphatic carbocycles. The highest BCUT2D eigenvalue weighted by Crippen LogP contribution is 2.38. The van der Waals surface area contributed by atoms with E-state index in [1.54, 1.807) is 0 Å². The van der Waals surface area contributed by atoms with Crippen molar-refractivity contribution in [2.24, 2.45) is 22.1 Å². The van der Waals surface area contributed by atoms with Gasteiger partial charge in [0.15, 0.2) is 0 Å². The van der Waals surface area contributed by atoms with E-state index in [1.807, 2.05) is 19.9 Å². The lowest BCUT2D eigenvalue weighted by Gasteiger charge is -2.26. The molecule has 0 fully saturated rings. The van der Waals surface area contributed by atoms with Gasteiger partial charge in [-0.05, 0) is 13.8 Å². The summed E-state index contributed by atoms with van der Waals surface area (Å²) in [6, 6.07) is 0.214. The Kier molecular flexibility index (Phi) is 3.14. The summed E-state index contributed by atoms with van der Waals surface area (Å²) in [5.41, 5.74) is 5.92. The van der Waals surface area contributed by atoms with Crippen LogP contribution >= 0.6 is 0 Å². The van der Waals surface area contributed by atoms with Crippen molar-refractivity contribution >= 4 is 5.84 Å². The molecule has 0 spiro atoms. The SMILES string of the molecule is C/C=C\C1N=C(N)C(C)(C)C1/C=C\C. The number of hydrogen-bond donors (Lipinski definition) is 1. The van der Waals surface area contributed by atoms with Crippen LogP contribution < -0.4 is 5.73 Å². The number of aliphatic imine (C=N–C) groups is 1. The van der Waals surface area contributed by atoms with Crippen LogP contribution in [0.1, 0.15) is 27.7 Å². The lowest BCUT2D eigenvalue weighted by molar-refractivity contribution is 0.381. The van der Waals surface area contributed by atoms with Gasteiger partial charge >= 0.3 is 0 Å². The number of allylic oxidation sites excluding steroid dienone is 2. The summed E-state index contributed by atoms with van der Waals surface area (Å²) in [5.74, 6) is 1.16. The van der Waals surface area contributed by atoms with E-state index < -0.39 is 0 Å². The molecule has 1 aliphatic rings. The molecule has 2 heteroatoms. The summed E-state index contributed by atoms with van der Waals surface area (Å²) in [4.78, 5) is 4.49. The van der Waals surface area contributed by atoms with E-state index in [4.69, 9.17) is 5.73 Å². The molecule has 0 saturated carbocycles. The molecular formula is C12H20N2. The van der Waals surface area contributed by atoms with E-state index in [9.17, 15) is 0 Å². The minimum atomic E-state index is -0.0172. The van der Waals surface area contributed by atoms with Crippen molar-refractivity contribution in [3.05, 3.63) is 24.3 Å². The normalized spacial score (nSPS) is 31.6. The molecule has 1 heterocycles. The molecule has 0 aromatic heterocycles. The number of hydrogen-bond acceptors (Lipinski definition) is 2. The van der Waals surface area contributed by atoms with E-state index in [1.165, 1.54) is 0 Å². The van der Waals surface area contributed by atoms with Crippen LogP contribution in [0.25, 0.3) is 0 Å². The summed E-state index contributed by atoms with van der Waals surface area (Å²) in [7, 11) is 0. The topological polar surface area (TPSA) is 38.4 Å². The molecular weight excluding hydrogens is 172 g/mol. The van der Waals surface area contributed by atoms with Crippen LogP contribution in [0.15, 0.2) is 29.3 Å². The van der Waals surface area contributed by atoms with Crippen LogP contribution in [0, 0.1) is 11.3 Å². The van der Waals surface area contributed by atoms with Crippen molar-refractivity contribution in [3.63, 3.8) is 0 Å². The van der Waals surface area contributed by atoms with Gasteiger partial charge in [0.2, 0.25) is 0 Å². The maximum absolute atomic E-state index is 5.94. The first-order chi connectivity index (χ1) is 6.54. The van der Waals surface area contributed by atoms with Crippen LogP contribution in [0.3, 0.4) is 0 Å². The molecule has 0 aromatic carbocycles. The van der Waals surface area contributed by atoms with E-state index in [-0.39, 0.29) is 11.5 Å². The average Bonchev–Trinajstić information content (AvgIpc) is 2.31. The van der Waals surface area contributed by atoms with Gasteiger partial charge in [-0.15, -0.1) is 0 Å². The lowest BCUT2D eigenvalue weighted by Crippen LogP contribution is -2.34. The summed E-state index contributed by atoms with van der Waals surface area (Å²) in [5, 5.41) is 0. The van der Waals surface area contributed by atoms with Crippen LogP contribution in [0.4, 0.5) is 0 Å². The molecule has 2 unspecified atom stereocenters. The third-order valence-corrected chi connectivity index (χ3v) is 2.94. The van der Waals surface area contributed by atoms with Crippen molar-refractivity contribution in [1.29, 1.82) is 0 Å². The van der Waals surface area contributed by atoms with E-state index in [2.05, 4.69) is 37.1 Å². The Hall–Kier alpha value is -1.05. The van der Waals surface area contributed by atoms with Crippen molar-refractivity contribution < 1.29 is 0 Å². The Morgan fingerprint density at radius 2 is 1.79 bits per heavy atom. The minimum Gasteiger partial charge on any atom is -0.387 e. The Balaban J connectivity index is 2.99. The lowest BCUT2D eigenvalue weighted by atomic mass is 9.76. The molecule has 0 amide bonds. The number of rotatable bonds is 2. The summed E-state index contributed by atoms with van der Waals surface area (Å²) >= 11 is 0. The van der Waals surface area contributed by atoms with Crippen LogP contribution in [0.5, 0.6) is 0 Å². The first-order valence-electron chi connectivity index (χ1n) is 5.13. The Bertz CT molecular complexity index is 285. The average molecular weight is 192 g/mol. The standard InChI is InChI=1S/C12H20N2/c1-5-7-9-10(8-6-2)14-11(13)12(9,3)4/h5-10H,1-4H3,(H2,13,14)/b7-5-,8-6-.